The number of hydrogen-bond acceptors (Lipinski definition) is 2. The van der Waals surface area contributed by atoms with E-state index in [-0.39, 0.29) is 5.91 Å². The highest BCUT2D eigenvalue weighted by Gasteiger charge is 2.24. The molecule has 0 saturated heterocycles. The van der Waals surface area contributed by atoms with Gasteiger partial charge in [-0.2, -0.15) is 0 Å². The summed E-state index contributed by atoms with van der Waals surface area (Å²) in [5.41, 5.74) is 2.15. The van der Waals surface area contributed by atoms with E-state index in [1.165, 1.54) is 6.42 Å². The maximum atomic E-state index is 11.2. The van der Waals surface area contributed by atoms with Crippen molar-refractivity contribution >= 4 is 11.7 Å². The Kier molecular flexibility index (Phi) is 3.83. The first-order valence-electron chi connectivity index (χ1n) is 5.32. The van der Waals surface area contributed by atoms with E-state index >= 15 is 0 Å². The largest absolute Gasteiger partial charge is 0.299 e. The molecule has 1 aliphatic rings. The maximum absolute atomic E-state index is 11.2. The normalized spacial score (nSPS) is 13.3. The zero-order valence-corrected chi connectivity index (χ0v) is 9.87. The fraction of sp³-hybridized carbons (Fsp3) is 0.500. The molecule has 1 aliphatic heterocycles. The molecule has 0 atom stereocenters. The zero-order valence-electron chi connectivity index (χ0n) is 9.87. The van der Waals surface area contributed by atoms with Gasteiger partial charge in [0.1, 0.15) is 5.82 Å². The molecule has 2 rings (SSSR count). The van der Waals surface area contributed by atoms with Crippen LogP contribution in [0.15, 0.2) is 12.3 Å². The average Bonchev–Trinajstić information content (AvgIpc) is 2.43. The number of aryl methyl sites for hydroxylation is 1. The third-order valence-electron chi connectivity index (χ3n) is 2.11. The molecule has 3 nitrogen and oxygen atoms in total. The molecule has 0 aliphatic carbocycles. The number of hydrogen-bond donors (Lipinski definition) is 0. The van der Waals surface area contributed by atoms with E-state index in [2.05, 4.69) is 18.8 Å². The molecule has 3 heteroatoms. The molecule has 2 heterocycles. The number of amides is 1. The van der Waals surface area contributed by atoms with Gasteiger partial charge < -0.3 is 0 Å². The van der Waals surface area contributed by atoms with Gasteiger partial charge in [-0.3, -0.25) is 9.69 Å². The lowest BCUT2D eigenvalue weighted by Gasteiger charge is -2.07. The summed E-state index contributed by atoms with van der Waals surface area (Å²) < 4.78 is 0. The summed E-state index contributed by atoms with van der Waals surface area (Å²) in [5, 5.41) is 0. The fourth-order valence-corrected chi connectivity index (χ4v) is 1.45. The lowest BCUT2D eigenvalue weighted by atomic mass is 10.2. The van der Waals surface area contributed by atoms with Crippen LogP contribution in [0.5, 0.6) is 0 Å². The molecular weight excluding hydrogens is 188 g/mol. The molecule has 0 bridgehead atoms. The van der Waals surface area contributed by atoms with Crippen molar-refractivity contribution in [3.63, 3.8) is 0 Å². The Balaban J connectivity index is 0.000000337. The SMILES string of the molecule is CCC.Cc1cnc2c(c1)CC(=O)N2C. The predicted octanol–water partition coefficient (Wildman–Crippen LogP) is 2.33. The molecule has 0 fully saturated rings. The van der Waals surface area contributed by atoms with Crippen molar-refractivity contribution in [2.45, 2.75) is 33.6 Å². The van der Waals surface area contributed by atoms with Crippen molar-refractivity contribution < 1.29 is 4.79 Å². The van der Waals surface area contributed by atoms with Crippen LogP contribution in [0.3, 0.4) is 0 Å². The van der Waals surface area contributed by atoms with Gasteiger partial charge in [-0.25, -0.2) is 4.98 Å². The Labute approximate surface area is 91.1 Å². The average molecular weight is 206 g/mol. The van der Waals surface area contributed by atoms with Crippen LogP contribution in [0.4, 0.5) is 5.82 Å². The monoisotopic (exact) mass is 206 g/mol. The van der Waals surface area contributed by atoms with Crippen LogP contribution < -0.4 is 4.90 Å². The van der Waals surface area contributed by atoms with Crippen LogP contribution in [0, 0.1) is 6.92 Å². The number of pyridine rings is 1. The van der Waals surface area contributed by atoms with E-state index in [1.54, 1.807) is 18.1 Å². The quantitative estimate of drug-likeness (QED) is 0.652. The van der Waals surface area contributed by atoms with Crippen LogP contribution in [0.25, 0.3) is 0 Å². The van der Waals surface area contributed by atoms with Gasteiger partial charge in [0, 0.05) is 18.8 Å². The van der Waals surface area contributed by atoms with E-state index in [4.69, 9.17) is 0 Å². The lowest BCUT2D eigenvalue weighted by molar-refractivity contribution is -0.117. The highest BCUT2D eigenvalue weighted by atomic mass is 16.2. The lowest BCUT2D eigenvalue weighted by Crippen LogP contribution is -2.21. The summed E-state index contributed by atoms with van der Waals surface area (Å²) in [4.78, 5) is 17.0. The molecule has 0 N–H and O–H groups in total. The number of carbonyl (C=O) groups excluding carboxylic acids is 1. The molecule has 0 aromatic carbocycles. The first-order chi connectivity index (χ1) is 7.10. The van der Waals surface area contributed by atoms with E-state index < -0.39 is 0 Å². The van der Waals surface area contributed by atoms with Gasteiger partial charge in [0.2, 0.25) is 5.91 Å². The molecule has 82 valence electrons. The van der Waals surface area contributed by atoms with Crippen molar-refractivity contribution in [2.24, 2.45) is 0 Å². The highest BCUT2D eigenvalue weighted by molar-refractivity contribution is 5.99. The minimum atomic E-state index is 0.128. The summed E-state index contributed by atoms with van der Waals surface area (Å²) in [7, 11) is 1.76. The van der Waals surface area contributed by atoms with Crippen LogP contribution in [-0.2, 0) is 11.2 Å². The first-order valence-corrected chi connectivity index (χ1v) is 5.32. The third kappa shape index (κ3) is 2.55. The molecule has 15 heavy (non-hydrogen) atoms. The molecule has 0 spiro atoms. The Bertz CT molecular complexity index is 361. The summed E-state index contributed by atoms with van der Waals surface area (Å²) in [6, 6.07) is 2.02. The number of rotatable bonds is 0. The minimum absolute atomic E-state index is 0.128. The van der Waals surface area contributed by atoms with Gasteiger partial charge in [-0.05, 0) is 12.5 Å². The summed E-state index contributed by atoms with van der Waals surface area (Å²) >= 11 is 0. The molecule has 0 radical (unpaired) electrons. The van der Waals surface area contributed by atoms with E-state index in [1.807, 2.05) is 13.0 Å². The van der Waals surface area contributed by atoms with Gasteiger partial charge in [-0.1, -0.05) is 26.3 Å². The Morgan fingerprint density at radius 3 is 2.67 bits per heavy atom. The Morgan fingerprint density at radius 1 is 1.47 bits per heavy atom. The second kappa shape index (κ2) is 4.91. The van der Waals surface area contributed by atoms with Gasteiger partial charge in [0.15, 0.2) is 0 Å². The highest BCUT2D eigenvalue weighted by Crippen LogP contribution is 2.24. The summed E-state index contributed by atoms with van der Waals surface area (Å²) in [5.74, 6) is 0.939. The van der Waals surface area contributed by atoms with Crippen molar-refractivity contribution in [1.29, 1.82) is 0 Å². The molecular formula is C12H18N2O. The van der Waals surface area contributed by atoms with Crippen molar-refractivity contribution in [2.75, 3.05) is 11.9 Å². The molecule has 0 saturated carbocycles. The maximum Gasteiger partial charge on any atom is 0.232 e. The van der Waals surface area contributed by atoms with Gasteiger partial charge in [0.25, 0.3) is 0 Å². The molecule has 1 amide bonds. The topological polar surface area (TPSA) is 33.2 Å². The Hall–Kier alpha value is -1.38. The van der Waals surface area contributed by atoms with E-state index in [9.17, 15) is 4.79 Å². The van der Waals surface area contributed by atoms with Crippen LogP contribution in [-0.4, -0.2) is 17.9 Å². The smallest absolute Gasteiger partial charge is 0.232 e. The predicted molar refractivity (Wildman–Crippen MR) is 62.1 cm³/mol. The van der Waals surface area contributed by atoms with E-state index in [0.717, 1.165) is 16.9 Å². The molecule has 1 aromatic heterocycles. The molecule has 0 unspecified atom stereocenters. The number of likely N-dealkylation sites (N-methyl/N-ethyl adjacent to an activating group) is 1. The van der Waals surface area contributed by atoms with Gasteiger partial charge in [-0.15, -0.1) is 0 Å². The summed E-state index contributed by atoms with van der Waals surface area (Å²) in [6.45, 7) is 6.23. The third-order valence-corrected chi connectivity index (χ3v) is 2.11. The number of fused-ring (bicyclic) bond motifs is 1. The molecule has 1 aromatic rings. The van der Waals surface area contributed by atoms with Gasteiger partial charge >= 0.3 is 0 Å². The Morgan fingerprint density at radius 2 is 2.07 bits per heavy atom. The minimum Gasteiger partial charge on any atom is -0.299 e. The summed E-state index contributed by atoms with van der Waals surface area (Å²) in [6.07, 6.45) is 3.54. The second-order valence-corrected chi connectivity index (χ2v) is 3.83. The van der Waals surface area contributed by atoms with Crippen molar-refractivity contribution in [1.82, 2.24) is 4.98 Å². The van der Waals surface area contributed by atoms with E-state index in [0.29, 0.717) is 6.42 Å². The number of anilines is 1. The standard InChI is InChI=1S/C9H10N2O.C3H8/c1-6-3-7-4-8(12)11(2)9(7)10-5-6;1-3-2/h3,5H,4H2,1-2H3;3H2,1-2H3. The second-order valence-electron chi connectivity index (χ2n) is 3.83. The van der Waals surface area contributed by atoms with Crippen molar-refractivity contribution in [3.8, 4) is 0 Å². The number of carbonyl (C=O) groups is 1. The fourth-order valence-electron chi connectivity index (χ4n) is 1.45. The van der Waals surface area contributed by atoms with Crippen LogP contribution in [0.1, 0.15) is 31.4 Å². The number of aromatic nitrogens is 1. The number of nitrogens with zero attached hydrogens (tertiary/aromatic N) is 2. The van der Waals surface area contributed by atoms with Crippen LogP contribution >= 0.6 is 0 Å². The first kappa shape index (κ1) is 11.7. The zero-order chi connectivity index (χ0) is 11.4. The van der Waals surface area contributed by atoms with Crippen LogP contribution in [0.2, 0.25) is 0 Å². The van der Waals surface area contributed by atoms with Gasteiger partial charge in [0.05, 0.1) is 6.42 Å². The van der Waals surface area contributed by atoms with Crippen molar-refractivity contribution in [3.05, 3.63) is 23.4 Å².